The maximum Gasteiger partial charge on any atom is 0.314 e. The van der Waals surface area contributed by atoms with E-state index in [4.69, 9.17) is 4.74 Å². The molecule has 0 aliphatic carbocycles. The fourth-order valence-corrected chi connectivity index (χ4v) is 3.23. The van der Waals surface area contributed by atoms with Crippen molar-refractivity contribution in [3.05, 3.63) is 96.1 Å². The second-order valence-corrected chi connectivity index (χ2v) is 6.35. The highest BCUT2D eigenvalue weighted by atomic mass is 16.5. The van der Waals surface area contributed by atoms with Gasteiger partial charge in [-0.25, -0.2) is 0 Å². The van der Waals surface area contributed by atoms with Crippen LogP contribution in [0.15, 0.2) is 84.9 Å². The van der Waals surface area contributed by atoms with Gasteiger partial charge in [-0.05, 0) is 48.2 Å². The molecule has 0 aliphatic rings. The van der Waals surface area contributed by atoms with E-state index in [1.807, 2.05) is 91.9 Å². The molecule has 1 atom stereocenters. The minimum atomic E-state index is -0.952. The first-order valence-electron chi connectivity index (χ1n) is 8.75. The van der Waals surface area contributed by atoms with E-state index in [0.717, 1.165) is 16.9 Å². The molecule has 0 saturated heterocycles. The lowest BCUT2D eigenvalue weighted by Crippen LogP contribution is -2.37. The Bertz CT molecular complexity index is 859. The first-order chi connectivity index (χ1) is 12.6. The Morgan fingerprint density at radius 3 is 2.12 bits per heavy atom. The van der Waals surface area contributed by atoms with E-state index >= 15 is 0 Å². The van der Waals surface area contributed by atoms with Crippen molar-refractivity contribution in [1.29, 1.82) is 0 Å². The summed E-state index contributed by atoms with van der Waals surface area (Å²) in [6.07, 6.45) is 0.922. The third-order valence-electron chi connectivity index (χ3n) is 4.72. The van der Waals surface area contributed by atoms with Gasteiger partial charge in [0.15, 0.2) is 0 Å². The third-order valence-corrected chi connectivity index (χ3v) is 4.72. The first kappa shape index (κ1) is 17.7. The van der Waals surface area contributed by atoms with Crippen LogP contribution in [0.4, 0.5) is 0 Å². The van der Waals surface area contributed by atoms with E-state index in [-0.39, 0.29) is 0 Å². The first-order valence-corrected chi connectivity index (χ1v) is 8.75. The van der Waals surface area contributed by atoms with Crippen molar-refractivity contribution in [2.24, 2.45) is 0 Å². The van der Waals surface area contributed by atoms with Crippen molar-refractivity contribution >= 4 is 5.97 Å². The average Bonchev–Trinajstić information content (AvgIpc) is 2.68. The molecule has 3 nitrogen and oxygen atoms in total. The van der Waals surface area contributed by atoms with E-state index < -0.39 is 11.4 Å². The zero-order valence-electron chi connectivity index (χ0n) is 14.8. The van der Waals surface area contributed by atoms with Crippen LogP contribution in [-0.4, -0.2) is 11.1 Å². The number of hydrogen-bond acceptors (Lipinski definition) is 2. The largest absolute Gasteiger partial charge is 0.481 e. The van der Waals surface area contributed by atoms with Crippen LogP contribution >= 0.6 is 0 Å². The number of carboxylic acids is 1. The minimum absolute atomic E-state index is 0.412. The van der Waals surface area contributed by atoms with Crippen LogP contribution in [0.2, 0.25) is 0 Å². The fraction of sp³-hybridized carbons (Fsp3) is 0.174. The molecule has 1 unspecified atom stereocenters. The Balaban J connectivity index is 1.90. The lowest BCUT2D eigenvalue weighted by molar-refractivity contribution is -0.144. The molecule has 0 spiro atoms. The van der Waals surface area contributed by atoms with Gasteiger partial charge in [-0.2, -0.15) is 0 Å². The van der Waals surface area contributed by atoms with E-state index in [1.165, 1.54) is 0 Å². The number of hydrogen-bond donors (Lipinski definition) is 1. The SMILES string of the molecule is CCC(Cc1cccc(Oc2ccccc2)c1)(C(=O)O)c1ccccc1. The number of carbonyl (C=O) groups is 1. The molecule has 3 aromatic carbocycles. The standard InChI is InChI=1S/C23H22O3/c1-2-23(22(24)25,19-11-5-3-6-12-19)17-18-10-9-15-21(16-18)26-20-13-7-4-8-14-20/h3-16H,2,17H2,1H3,(H,24,25). The molecule has 0 radical (unpaired) electrons. The predicted octanol–water partition coefficient (Wildman–Crippen LogP) is 5.45. The van der Waals surface area contributed by atoms with Gasteiger partial charge in [0.1, 0.15) is 11.5 Å². The van der Waals surface area contributed by atoms with Crippen LogP contribution in [0.3, 0.4) is 0 Å². The molecule has 132 valence electrons. The quantitative estimate of drug-likeness (QED) is 0.618. The number of ether oxygens (including phenoxy) is 1. The van der Waals surface area contributed by atoms with Gasteiger partial charge in [-0.3, -0.25) is 4.79 Å². The molecule has 3 rings (SSSR count). The molecule has 0 amide bonds. The Morgan fingerprint density at radius 2 is 1.50 bits per heavy atom. The molecule has 0 saturated carbocycles. The Hall–Kier alpha value is -3.07. The van der Waals surface area contributed by atoms with Gasteiger partial charge < -0.3 is 9.84 Å². The van der Waals surface area contributed by atoms with Crippen molar-refractivity contribution in [3.8, 4) is 11.5 Å². The third kappa shape index (κ3) is 3.77. The molecule has 0 bridgehead atoms. The lowest BCUT2D eigenvalue weighted by atomic mass is 9.73. The van der Waals surface area contributed by atoms with Crippen LogP contribution in [-0.2, 0) is 16.6 Å². The number of para-hydroxylation sites is 1. The summed E-state index contributed by atoms with van der Waals surface area (Å²) in [4.78, 5) is 12.2. The summed E-state index contributed by atoms with van der Waals surface area (Å²) in [6, 6.07) is 26.7. The predicted molar refractivity (Wildman–Crippen MR) is 103 cm³/mol. The van der Waals surface area contributed by atoms with Gasteiger partial charge in [0.25, 0.3) is 0 Å². The smallest absolute Gasteiger partial charge is 0.314 e. The van der Waals surface area contributed by atoms with E-state index in [1.54, 1.807) is 0 Å². The van der Waals surface area contributed by atoms with Gasteiger partial charge in [-0.1, -0.05) is 67.6 Å². The molecule has 0 aliphatic heterocycles. The second kappa shape index (κ2) is 7.87. The Kier molecular flexibility index (Phi) is 5.37. The topological polar surface area (TPSA) is 46.5 Å². The zero-order chi connectivity index (χ0) is 18.4. The van der Waals surface area contributed by atoms with Gasteiger partial charge in [0, 0.05) is 0 Å². The normalized spacial score (nSPS) is 13.0. The molecule has 0 heterocycles. The molecule has 0 aromatic heterocycles. The molecule has 26 heavy (non-hydrogen) atoms. The van der Waals surface area contributed by atoms with Gasteiger partial charge in [0.05, 0.1) is 5.41 Å². The fourth-order valence-electron chi connectivity index (χ4n) is 3.23. The van der Waals surface area contributed by atoms with E-state index in [2.05, 4.69) is 0 Å². The number of rotatable bonds is 7. The summed E-state index contributed by atoms with van der Waals surface area (Å²) in [7, 11) is 0. The molecule has 1 N–H and O–H groups in total. The Morgan fingerprint density at radius 1 is 0.885 bits per heavy atom. The Labute approximate surface area is 153 Å². The van der Waals surface area contributed by atoms with Crippen molar-refractivity contribution in [1.82, 2.24) is 0 Å². The van der Waals surface area contributed by atoms with Crippen molar-refractivity contribution < 1.29 is 14.6 Å². The number of carboxylic acid groups (broad SMARTS) is 1. The molecular formula is C23H22O3. The average molecular weight is 346 g/mol. The maximum absolute atomic E-state index is 12.2. The van der Waals surface area contributed by atoms with Crippen LogP contribution < -0.4 is 4.74 Å². The van der Waals surface area contributed by atoms with Crippen molar-refractivity contribution in [3.63, 3.8) is 0 Å². The second-order valence-electron chi connectivity index (χ2n) is 6.35. The zero-order valence-corrected chi connectivity index (χ0v) is 14.8. The van der Waals surface area contributed by atoms with Gasteiger partial charge in [0.2, 0.25) is 0 Å². The van der Waals surface area contributed by atoms with E-state index in [0.29, 0.717) is 18.6 Å². The molecule has 0 fully saturated rings. The van der Waals surface area contributed by atoms with E-state index in [9.17, 15) is 9.90 Å². The summed E-state index contributed by atoms with van der Waals surface area (Å²) in [5.74, 6) is 0.658. The monoisotopic (exact) mass is 346 g/mol. The van der Waals surface area contributed by atoms with Crippen molar-refractivity contribution in [2.75, 3.05) is 0 Å². The summed E-state index contributed by atoms with van der Waals surface area (Å²) >= 11 is 0. The van der Waals surface area contributed by atoms with Crippen LogP contribution in [0, 0.1) is 0 Å². The summed E-state index contributed by atoms with van der Waals surface area (Å²) in [5.41, 5.74) is 0.808. The summed E-state index contributed by atoms with van der Waals surface area (Å²) in [5, 5.41) is 10.0. The van der Waals surface area contributed by atoms with Crippen molar-refractivity contribution in [2.45, 2.75) is 25.2 Å². The van der Waals surface area contributed by atoms with Gasteiger partial charge >= 0.3 is 5.97 Å². The highest BCUT2D eigenvalue weighted by molar-refractivity contribution is 5.81. The molecular weight excluding hydrogens is 324 g/mol. The van der Waals surface area contributed by atoms with Crippen LogP contribution in [0.1, 0.15) is 24.5 Å². The number of aliphatic carboxylic acids is 1. The minimum Gasteiger partial charge on any atom is -0.481 e. The molecule has 3 heteroatoms. The molecule has 3 aromatic rings. The van der Waals surface area contributed by atoms with Crippen LogP contribution in [0.5, 0.6) is 11.5 Å². The maximum atomic E-state index is 12.2. The number of benzene rings is 3. The lowest BCUT2D eigenvalue weighted by Gasteiger charge is -2.29. The highest BCUT2D eigenvalue weighted by Crippen LogP contribution is 2.34. The summed E-state index contributed by atoms with van der Waals surface area (Å²) in [6.45, 7) is 1.92. The van der Waals surface area contributed by atoms with Crippen LogP contribution in [0.25, 0.3) is 0 Å². The highest BCUT2D eigenvalue weighted by Gasteiger charge is 2.38. The van der Waals surface area contributed by atoms with Gasteiger partial charge in [-0.15, -0.1) is 0 Å². The summed E-state index contributed by atoms with van der Waals surface area (Å²) < 4.78 is 5.89.